The van der Waals surface area contributed by atoms with Crippen LogP contribution in [0.1, 0.15) is 54.3 Å². The highest BCUT2D eigenvalue weighted by molar-refractivity contribution is 7.10. The molecule has 0 spiro atoms. The van der Waals surface area contributed by atoms with E-state index in [1.807, 2.05) is 16.3 Å². The third kappa shape index (κ3) is 4.59. The number of nitrogens with zero attached hydrogens (tertiary/aromatic N) is 1. The third-order valence-electron chi connectivity index (χ3n) is 4.01. The van der Waals surface area contributed by atoms with E-state index in [1.54, 1.807) is 0 Å². The number of hydrogen-bond acceptors (Lipinski definition) is 3. The smallest absolute Gasteiger partial charge is 0.254 e. The molecule has 0 radical (unpaired) electrons. The Kier molecular flexibility index (Phi) is 6.28. The fourth-order valence-electron chi connectivity index (χ4n) is 2.68. The van der Waals surface area contributed by atoms with Crippen LogP contribution in [0.3, 0.4) is 0 Å². The van der Waals surface area contributed by atoms with Crippen LogP contribution in [0.25, 0.3) is 0 Å². The molecule has 1 fully saturated rings. The summed E-state index contributed by atoms with van der Waals surface area (Å²) in [4.78, 5) is 15.4. The highest BCUT2D eigenvalue weighted by Crippen LogP contribution is 2.22. The van der Waals surface area contributed by atoms with Crippen LogP contribution in [0.2, 0.25) is 0 Å². The minimum Gasteiger partial charge on any atom is -0.395 e. The second kappa shape index (κ2) is 8.21. The van der Waals surface area contributed by atoms with Gasteiger partial charge in [-0.3, -0.25) is 4.79 Å². The molecule has 1 saturated heterocycles. The molecule has 1 amide bonds. The van der Waals surface area contributed by atoms with E-state index in [2.05, 4.69) is 18.8 Å². The number of rotatable bonds is 3. The van der Waals surface area contributed by atoms with Crippen molar-refractivity contribution in [2.24, 2.45) is 5.92 Å². The van der Waals surface area contributed by atoms with Gasteiger partial charge in [-0.05, 0) is 31.2 Å². The van der Waals surface area contributed by atoms with Crippen molar-refractivity contribution >= 4 is 17.2 Å². The first-order chi connectivity index (χ1) is 10.2. The van der Waals surface area contributed by atoms with Crippen molar-refractivity contribution < 1.29 is 9.90 Å². The van der Waals surface area contributed by atoms with E-state index in [4.69, 9.17) is 5.11 Å². The van der Waals surface area contributed by atoms with Gasteiger partial charge in [-0.2, -0.15) is 0 Å². The number of carbonyl (C=O) groups is 1. The fourth-order valence-corrected chi connectivity index (χ4v) is 3.43. The topological polar surface area (TPSA) is 40.5 Å². The maximum absolute atomic E-state index is 12.5. The van der Waals surface area contributed by atoms with E-state index in [0.29, 0.717) is 6.42 Å². The Bertz CT molecular complexity index is 526. The number of aliphatic hydroxyl groups is 1. The molecule has 21 heavy (non-hydrogen) atoms. The van der Waals surface area contributed by atoms with Crippen LogP contribution in [0.4, 0.5) is 0 Å². The summed E-state index contributed by atoms with van der Waals surface area (Å²) >= 11 is 1.50. The molecule has 2 heterocycles. The van der Waals surface area contributed by atoms with E-state index >= 15 is 0 Å². The first kappa shape index (κ1) is 16.1. The summed E-state index contributed by atoms with van der Waals surface area (Å²) in [7, 11) is 0. The van der Waals surface area contributed by atoms with Gasteiger partial charge in [0, 0.05) is 24.9 Å². The summed E-state index contributed by atoms with van der Waals surface area (Å²) in [5, 5.41) is 10.6. The van der Waals surface area contributed by atoms with E-state index < -0.39 is 0 Å². The van der Waals surface area contributed by atoms with Crippen molar-refractivity contribution in [3.8, 4) is 11.8 Å². The first-order valence-electron chi connectivity index (χ1n) is 7.72. The molecule has 0 saturated carbocycles. The second-order valence-corrected chi connectivity index (χ2v) is 6.38. The molecule has 1 N–H and O–H groups in total. The standard InChI is InChI=1S/C17H23NO2S/c1-2-14-6-5-9-18(10-8-14)17(20)15-12-16(21-13-15)7-3-4-11-19/h12-14,19H,2,4-6,8-11H2,1H3. The molecule has 1 aromatic rings. The van der Waals surface area contributed by atoms with Crippen molar-refractivity contribution in [1.29, 1.82) is 0 Å². The lowest BCUT2D eigenvalue weighted by Gasteiger charge is -2.19. The molecule has 1 unspecified atom stereocenters. The van der Waals surface area contributed by atoms with Crippen LogP contribution in [-0.2, 0) is 0 Å². The van der Waals surface area contributed by atoms with Crippen LogP contribution in [0.15, 0.2) is 11.4 Å². The molecule has 0 aliphatic carbocycles. The van der Waals surface area contributed by atoms with Gasteiger partial charge in [0.05, 0.1) is 17.0 Å². The second-order valence-electron chi connectivity index (χ2n) is 5.47. The molecular weight excluding hydrogens is 282 g/mol. The quantitative estimate of drug-likeness (QED) is 0.872. The van der Waals surface area contributed by atoms with Gasteiger partial charge in [-0.15, -0.1) is 11.3 Å². The zero-order valence-electron chi connectivity index (χ0n) is 12.6. The summed E-state index contributed by atoms with van der Waals surface area (Å²) < 4.78 is 0. The summed E-state index contributed by atoms with van der Waals surface area (Å²) in [5.74, 6) is 6.79. The van der Waals surface area contributed by atoms with E-state index in [-0.39, 0.29) is 12.5 Å². The number of amides is 1. The van der Waals surface area contributed by atoms with Gasteiger partial charge >= 0.3 is 0 Å². The van der Waals surface area contributed by atoms with Gasteiger partial charge in [-0.1, -0.05) is 25.2 Å². The summed E-state index contributed by atoms with van der Waals surface area (Å²) in [6.07, 6.45) is 5.16. The van der Waals surface area contributed by atoms with E-state index in [0.717, 1.165) is 42.3 Å². The van der Waals surface area contributed by atoms with Gasteiger partial charge in [0.25, 0.3) is 5.91 Å². The summed E-state index contributed by atoms with van der Waals surface area (Å²) in [5.41, 5.74) is 0.753. The van der Waals surface area contributed by atoms with Crippen LogP contribution in [-0.4, -0.2) is 35.6 Å². The largest absolute Gasteiger partial charge is 0.395 e. The Labute approximate surface area is 131 Å². The summed E-state index contributed by atoms with van der Waals surface area (Å²) in [6, 6.07) is 1.87. The molecule has 1 aliphatic heterocycles. The SMILES string of the molecule is CCC1CCCN(C(=O)c2csc(C#CCCO)c2)CC1. The van der Waals surface area contributed by atoms with Gasteiger partial charge in [0.1, 0.15) is 0 Å². The molecule has 0 aromatic carbocycles. The Morgan fingerprint density at radius 3 is 3.10 bits per heavy atom. The number of thiophene rings is 1. The molecule has 1 aliphatic rings. The molecule has 2 rings (SSSR count). The van der Waals surface area contributed by atoms with Crippen LogP contribution < -0.4 is 0 Å². The third-order valence-corrected chi connectivity index (χ3v) is 4.85. The van der Waals surface area contributed by atoms with Gasteiger partial charge in [0.2, 0.25) is 0 Å². The number of hydrogen-bond donors (Lipinski definition) is 1. The zero-order valence-corrected chi connectivity index (χ0v) is 13.4. The lowest BCUT2D eigenvalue weighted by atomic mass is 9.98. The van der Waals surface area contributed by atoms with Crippen molar-refractivity contribution in [3.05, 3.63) is 21.9 Å². The molecule has 1 atom stereocenters. The Balaban J connectivity index is 1.98. The predicted molar refractivity (Wildman–Crippen MR) is 86.4 cm³/mol. The van der Waals surface area contributed by atoms with Crippen molar-refractivity contribution in [3.63, 3.8) is 0 Å². The Hall–Kier alpha value is -1.31. The van der Waals surface area contributed by atoms with Gasteiger partial charge in [0.15, 0.2) is 0 Å². The first-order valence-corrected chi connectivity index (χ1v) is 8.60. The minimum atomic E-state index is 0.0799. The Morgan fingerprint density at radius 2 is 2.33 bits per heavy atom. The van der Waals surface area contributed by atoms with E-state index in [1.165, 1.54) is 24.2 Å². The lowest BCUT2D eigenvalue weighted by Crippen LogP contribution is -2.31. The molecule has 114 valence electrons. The number of likely N-dealkylation sites (tertiary alicyclic amines) is 1. The normalized spacial score (nSPS) is 18.8. The maximum atomic E-state index is 12.5. The van der Waals surface area contributed by atoms with E-state index in [9.17, 15) is 4.79 Å². The minimum absolute atomic E-state index is 0.0799. The molecule has 0 bridgehead atoms. The highest BCUT2D eigenvalue weighted by atomic mass is 32.1. The molecular formula is C17H23NO2S. The molecule has 1 aromatic heterocycles. The van der Waals surface area contributed by atoms with Crippen molar-refractivity contribution in [2.45, 2.75) is 39.0 Å². The van der Waals surface area contributed by atoms with Crippen LogP contribution >= 0.6 is 11.3 Å². The van der Waals surface area contributed by atoms with Crippen molar-refractivity contribution in [1.82, 2.24) is 4.90 Å². The average molecular weight is 305 g/mol. The fraction of sp³-hybridized carbons (Fsp3) is 0.588. The van der Waals surface area contributed by atoms with Gasteiger partial charge in [-0.25, -0.2) is 0 Å². The predicted octanol–water partition coefficient (Wildman–Crippen LogP) is 3.13. The number of aliphatic hydroxyl groups excluding tert-OH is 1. The monoisotopic (exact) mass is 305 g/mol. The number of carbonyl (C=O) groups excluding carboxylic acids is 1. The zero-order chi connectivity index (χ0) is 15.1. The average Bonchev–Trinajstić information content (AvgIpc) is 2.83. The maximum Gasteiger partial charge on any atom is 0.254 e. The Morgan fingerprint density at radius 1 is 1.48 bits per heavy atom. The molecule has 4 heteroatoms. The van der Waals surface area contributed by atoms with Crippen LogP contribution in [0, 0.1) is 17.8 Å². The van der Waals surface area contributed by atoms with Crippen molar-refractivity contribution in [2.75, 3.05) is 19.7 Å². The highest BCUT2D eigenvalue weighted by Gasteiger charge is 2.21. The summed E-state index contributed by atoms with van der Waals surface area (Å²) in [6.45, 7) is 4.06. The van der Waals surface area contributed by atoms with Gasteiger partial charge < -0.3 is 10.0 Å². The molecule has 3 nitrogen and oxygen atoms in total. The van der Waals surface area contributed by atoms with Crippen LogP contribution in [0.5, 0.6) is 0 Å². The lowest BCUT2D eigenvalue weighted by molar-refractivity contribution is 0.0760.